The summed E-state index contributed by atoms with van der Waals surface area (Å²) in [6.07, 6.45) is 4.44. The van der Waals surface area contributed by atoms with Crippen LogP contribution in [0.3, 0.4) is 0 Å². The Balaban J connectivity index is 1.46. The maximum Gasteiger partial charge on any atom is 0.252 e. The molecule has 1 aliphatic rings. The Morgan fingerprint density at radius 2 is 2.00 bits per heavy atom. The number of rotatable bonds is 15. The molecular formula is C32H47N5O3S. The van der Waals surface area contributed by atoms with Gasteiger partial charge >= 0.3 is 0 Å². The molecule has 1 aromatic carbocycles. The van der Waals surface area contributed by atoms with Crippen molar-refractivity contribution >= 4 is 34.2 Å². The van der Waals surface area contributed by atoms with Crippen LogP contribution in [0.15, 0.2) is 35.7 Å². The van der Waals surface area contributed by atoms with Crippen LogP contribution >= 0.6 is 11.3 Å². The molecule has 9 heteroatoms. The van der Waals surface area contributed by atoms with Crippen molar-refractivity contribution in [3.63, 3.8) is 0 Å². The van der Waals surface area contributed by atoms with Crippen molar-refractivity contribution in [1.82, 2.24) is 25.1 Å². The molecule has 41 heavy (non-hydrogen) atoms. The van der Waals surface area contributed by atoms with Gasteiger partial charge in [-0.05, 0) is 73.7 Å². The number of hydrogen-bond donors (Lipinski definition) is 2. The summed E-state index contributed by atoms with van der Waals surface area (Å²) in [7, 11) is 1.72. The first-order valence-corrected chi connectivity index (χ1v) is 16.0. The molecule has 3 heterocycles. The third kappa shape index (κ3) is 8.17. The largest absolute Gasteiger partial charge is 0.383 e. The zero-order valence-corrected chi connectivity index (χ0v) is 26.1. The van der Waals surface area contributed by atoms with E-state index in [0.717, 1.165) is 68.8 Å². The lowest BCUT2D eigenvalue weighted by molar-refractivity contribution is -0.123. The first-order chi connectivity index (χ1) is 19.8. The maximum atomic E-state index is 13.4. The number of imidazole rings is 1. The van der Waals surface area contributed by atoms with Crippen LogP contribution in [-0.4, -0.2) is 72.2 Å². The standard InChI is InChI=1S/C32H47N5O3S/c1-6-25(7-2)37-29-11-10-24(18-27(29)34-30(37)19-26-9-8-16-41-26)31(38)35-28(17-22(3)4)32(39)33-20-23-12-13-36(21-23)14-15-40-5/h8-11,16,18,22-23,25,28H,6-7,12-15,17,19-21H2,1-5H3,(H,33,39)(H,35,38)/t23?,28-/m0/s1. The average molecular weight is 582 g/mol. The Hall–Kier alpha value is -2.75. The highest BCUT2D eigenvalue weighted by Gasteiger charge is 2.27. The van der Waals surface area contributed by atoms with Crippen LogP contribution in [0.1, 0.15) is 80.5 Å². The lowest BCUT2D eigenvalue weighted by Crippen LogP contribution is -2.48. The molecule has 0 radical (unpaired) electrons. The Bertz CT molecular complexity index is 1270. The van der Waals surface area contributed by atoms with Crippen LogP contribution in [0.2, 0.25) is 0 Å². The van der Waals surface area contributed by atoms with Crippen LogP contribution in [0.5, 0.6) is 0 Å². The molecule has 3 aromatic rings. The van der Waals surface area contributed by atoms with E-state index in [9.17, 15) is 9.59 Å². The summed E-state index contributed by atoms with van der Waals surface area (Å²) in [6.45, 7) is 12.8. The van der Waals surface area contributed by atoms with Crippen LogP contribution < -0.4 is 10.6 Å². The fraction of sp³-hybridized carbons (Fsp3) is 0.594. The van der Waals surface area contributed by atoms with Crippen molar-refractivity contribution in [2.24, 2.45) is 11.8 Å². The fourth-order valence-electron chi connectivity index (χ4n) is 5.86. The maximum absolute atomic E-state index is 13.4. The molecule has 1 saturated heterocycles. The zero-order chi connectivity index (χ0) is 29.4. The Kier molecular flexibility index (Phi) is 11.4. The molecule has 2 atom stereocenters. The smallest absolute Gasteiger partial charge is 0.252 e. The van der Waals surface area contributed by atoms with Gasteiger partial charge < -0.3 is 24.8 Å². The fourth-order valence-corrected chi connectivity index (χ4v) is 6.56. The number of carbonyl (C=O) groups is 2. The number of amides is 2. The van der Waals surface area contributed by atoms with E-state index >= 15 is 0 Å². The third-order valence-electron chi connectivity index (χ3n) is 8.12. The normalized spacial score (nSPS) is 16.6. The first-order valence-electron chi connectivity index (χ1n) is 15.2. The molecule has 224 valence electrons. The van der Waals surface area contributed by atoms with Gasteiger partial charge in [0, 0.05) is 49.6 Å². The summed E-state index contributed by atoms with van der Waals surface area (Å²) in [5, 5.41) is 8.25. The predicted molar refractivity (Wildman–Crippen MR) is 167 cm³/mol. The Morgan fingerprint density at radius 3 is 2.68 bits per heavy atom. The van der Waals surface area contributed by atoms with E-state index in [1.807, 2.05) is 18.2 Å². The van der Waals surface area contributed by atoms with E-state index < -0.39 is 6.04 Å². The molecule has 2 amide bonds. The van der Waals surface area contributed by atoms with E-state index in [1.165, 1.54) is 4.88 Å². The van der Waals surface area contributed by atoms with Crippen LogP contribution in [0.4, 0.5) is 0 Å². The molecule has 0 saturated carbocycles. The summed E-state index contributed by atoms with van der Waals surface area (Å²) in [4.78, 5) is 35.3. The highest BCUT2D eigenvalue weighted by atomic mass is 32.1. The number of hydrogen-bond acceptors (Lipinski definition) is 6. The number of carbonyl (C=O) groups excluding carboxylic acids is 2. The summed E-state index contributed by atoms with van der Waals surface area (Å²) in [5.74, 6) is 1.36. The second kappa shape index (κ2) is 14.9. The van der Waals surface area contributed by atoms with Crippen molar-refractivity contribution in [2.45, 2.75) is 71.9 Å². The molecule has 2 aromatic heterocycles. The quantitative estimate of drug-likeness (QED) is 0.255. The van der Waals surface area contributed by atoms with Gasteiger partial charge in [-0.25, -0.2) is 4.98 Å². The highest BCUT2D eigenvalue weighted by Crippen LogP contribution is 2.28. The second-order valence-electron chi connectivity index (χ2n) is 11.7. The van der Waals surface area contributed by atoms with Gasteiger partial charge in [0.25, 0.3) is 5.91 Å². The number of ether oxygens (including phenoxy) is 1. The molecule has 2 N–H and O–H groups in total. The SMILES string of the molecule is CCC(CC)n1c(Cc2cccs2)nc2cc(C(=O)N[C@@H](CC(C)C)C(=O)NCC3CCN(CCOC)C3)ccc21. The number of thiophene rings is 1. The number of nitrogens with zero attached hydrogens (tertiary/aromatic N) is 3. The van der Waals surface area contributed by atoms with Crippen LogP contribution in [0, 0.1) is 11.8 Å². The summed E-state index contributed by atoms with van der Waals surface area (Å²) in [5.41, 5.74) is 2.40. The van der Waals surface area contributed by atoms with Gasteiger partial charge in [0.2, 0.25) is 5.91 Å². The predicted octanol–water partition coefficient (Wildman–Crippen LogP) is 5.28. The van der Waals surface area contributed by atoms with Gasteiger partial charge in [0.15, 0.2) is 0 Å². The van der Waals surface area contributed by atoms with Crippen LogP contribution in [0.25, 0.3) is 11.0 Å². The van der Waals surface area contributed by atoms with Crippen molar-refractivity contribution in [3.05, 3.63) is 52.0 Å². The molecule has 0 aliphatic carbocycles. The number of methoxy groups -OCH3 is 1. The van der Waals surface area contributed by atoms with Gasteiger partial charge in [-0.15, -0.1) is 11.3 Å². The number of likely N-dealkylation sites (tertiary alicyclic amines) is 1. The highest BCUT2D eigenvalue weighted by molar-refractivity contribution is 7.09. The number of fused-ring (bicyclic) bond motifs is 1. The topological polar surface area (TPSA) is 88.5 Å². The molecule has 0 spiro atoms. The summed E-state index contributed by atoms with van der Waals surface area (Å²) in [6, 6.07) is 9.73. The summed E-state index contributed by atoms with van der Waals surface area (Å²) < 4.78 is 7.55. The number of nitrogens with one attached hydrogen (secondary N) is 2. The Morgan fingerprint density at radius 1 is 1.20 bits per heavy atom. The van der Waals surface area contributed by atoms with Crippen molar-refractivity contribution in [1.29, 1.82) is 0 Å². The molecule has 4 rings (SSSR count). The van der Waals surface area contributed by atoms with Crippen molar-refractivity contribution in [3.8, 4) is 0 Å². The molecule has 8 nitrogen and oxygen atoms in total. The van der Waals surface area contributed by atoms with E-state index in [4.69, 9.17) is 9.72 Å². The van der Waals surface area contributed by atoms with Crippen molar-refractivity contribution in [2.75, 3.05) is 39.9 Å². The lowest BCUT2D eigenvalue weighted by Gasteiger charge is -2.22. The molecule has 1 unspecified atom stereocenters. The molecular weight excluding hydrogens is 534 g/mol. The van der Waals surface area contributed by atoms with E-state index in [2.05, 4.69) is 65.3 Å². The minimum Gasteiger partial charge on any atom is -0.383 e. The Labute approximate surface area is 248 Å². The van der Waals surface area contributed by atoms with Gasteiger partial charge in [0.1, 0.15) is 11.9 Å². The molecule has 1 aliphatic heterocycles. The van der Waals surface area contributed by atoms with Crippen LogP contribution in [-0.2, 0) is 16.0 Å². The minimum absolute atomic E-state index is 0.111. The van der Waals surface area contributed by atoms with Gasteiger partial charge in [-0.1, -0.05) is 33.8 Å². The van der Waals surface area contributed by atoms with E-state index in [1.54, 1.807) is 18.4 Å². The first kappa shape index (κ1) is 31.2. The average Bonchev–Trinajstić information content (AvgIpc) is 3.71. The van der Waals surface area contributed by atoms with Gasteiger partial charge in [-0.3, -0.25) is 9.59 Å². The van der Waals surface area contributed by atoms with Gasteiger partial charge in [-0.2, -0.15) is 0 Å². The lowest BCUT2D eigenvalue weighted by atomic mass is 10.0. The monoisotopic (exact) mass is 581 g/mol. The second-order valence-corrected chi connectivity index (χ2v) is 12.7. The minimum atomic E-state index is -0.583. The number of benzene rings is 1. The van der Waals surface area contributed by atoms with Crippen molar-refractivity contribution < 1.29 is 14.3 Å². The molecule has 1 fully saturated rings. The van der Waals surface area contributed by atoms with E-state index in [-0.39, 0.29) is 17.7 Å². The third-order valence-corrected chi connectivity index (χ3v) is 9.00. The van der Waals surface area contributed by atoms with E-state index in [0.29, 0.717) is 30.5 Å². The summed E-state index contributed by atoms with van der Waals surface area (Å²) >= 11 is 1.74. The van der Waals surface area contributed by atoms with Gasteiger partial charge in [0.05, 0.1) is 17.6 Å². The number of aromatic nitrogens is 2. The zero-order valence-electron chi connectivity index (χ0n) is 25.3. The molecule has 0 bridgehead atoms.